The predicted molar refractivity (Wildman–Crippen MR) is 103 cm³/mol. The molecule has 0 saturated carbocycles. The second-order valence-corrected chi connectivity index (χ2v) is 6.57. The molecule has 0 unspecified atom stereocenters. The van der Waals surface area contributed by atoms with Gasteiger partial charge < -0.3 is 14.8 Å². The van der Waals surface area contributed by atoms with Crippen LogP contribution in [-0.2, 0) is 6.54 Å². The number of aromatic nitrogens is 1. The third kappa shape index (κ3) is 3.86. The first kappa shape index (κ1) is 17.9. The van der Waals surface area contributed by atoms with Gasteiger partial charge in [0.2, 0.25) is 0 Å². The summed E-state index contributed by atoms with van der Waals surface area (Å²) in [4.78, 5) is 17.0. The summed E-state index contributed by atoms with van der Waals surface area (Å²) < 4.78 is 10.4. The SMILES string of the molecule is COc1ccc(C(=O)NCc2csc(-c3ccccc3C)n2)cc1OC. The summed E-state index contributed by atoms with van der Waals surface area (Å²) >= 11 is 1.58. The molecule has 1 heterocycles. The van der Waals surface area contributed by atoms with Crippen LogP contribution in [-0.4, -0.2) is 25.1 Å². The molecule has 3 aromatic rings. The van der Waals surface area contributed by atoms with Crippen LogP contribution in [0.3, 0.4) is 0 Å². The van der Waals surface area contributed by atoms with Crippen molar-refractivity contribution in [2.45, 2.75) is 13.5 Å². The topological polar surface area (TPSA) is 60.5 Å². The molecule has 2 aromatic carbocycles. The lowest BCUT2D eigenvalue weighted by Crippen LogP contribution is -2.23. The Balaban J connectivity index is 1.68. The van der Waals surface area contributed by atoms with Gasteiger partial charge in [0.1, 0.15) is 5.01 Å². The average molecular weight is 368 g/mol. The summed E-state index contributed by atoms with van der Waals surface area (Å²) in [7, 11) is 3.10. The molecule has 3 rings (SSSR count). The predicted octanol–water partition coefficient (Wildman–Crippen LogP) is 4.07. The Labute approximate surface area is 156 Å². The lowest BCUT2D eigenvalue weighted by Gasteiger charge is -2.09. The van der Waals surface area contributed by atoms with Gasteiger partial charge in [0.05, 0.1) is 26.5 Å². The van der Waals surface area contributed by atoms with Gasteiger partial charge in [-0.15, -0.1) is 11.3 Å². The second-order valence-electron chi connectivity index (χ2n) is 5.71. The van der Waals surface area contributed by atoms with Gasteiger partial charge in [-0.3, -0.25) is 4.79 Å². The molecule has 0 fully saturated rings. The van der Waals surface area contributed by atoms with E-state index in [0.29, 0.717) is 23.6 Å². The summed E-state index contributed by atoms with van der Waals surface area (Å²) in [6.07, 6.45) is 0. The van der Waals surface area contributed by atoms with Crippen molar-refractivity contribution in [2.24, 2.45) is 0 Å². The highest BCUT2D eigenvalue weighted by Gasteiger charge is 2.12. The Morgan fingerprint density at radius 1 is 1.12 bits per heavy atom. The lowest BCUT2D eigenvalue weighted by molar-refractivity contribution is 0.0950. The van der Waals surface area contributed by atoms with Crippen LogP contribution in [0.15, 0.2) is 47.8 Å². The number of amides is 1. The summed E-state index contributed by atoms with van der Waals surface area (Å²) in [6.45, 7) is 2.44. The molecule has 0 spiro atoms. The number of nitrogens with zero attached hydrogens (tertiary/aromatic N) is 1. The van der Waals surface area contributed by atoms with E-state index in [1.54, 1.807) is 43.8 Å². The third-order valence-electron chi connectivity index (χ3n) is 4.00. The van der Waals surface area contributed by atoms with E-state index in [1.807, 2.05) is 17.5 Å². The fourth-order valence-electron chi connectivity index (χ4n) is 2.58. The minimum atomic E-state index is -0.184. The molecule has 0 radical (unpaired) electrons. The standard InChI is InChI=1S/C20H20N2O3S/c1-13-6-4-5-7-16(13)20-22-15(12-26-20)11-21-19(23)14-8-9-17(24-2)18(10-14)25-3/h4-10,12H,11H2,1-3H3,(H,21,23). The number of nitrogens with one attached hydrogen (secondary N) is 1. The molecular formula is C20H20N2O3S. The van der Waals surface area contributed by atoms with Crippen molar-refractivity contribution in [1.29, 1.82) is 0 Å². The minimum Gasteiger partial charge on any atom is -0.493 e. The van der Waals surface area contributed by atoms with Gasteiger partial charge in [0.25, 0.3) is 5.91 Å². The van der Waals surface area contributed by atoms with Gasteiger partial charge in [0, 0.05) is 16.5 Å². The van der Waals surface area contributed by atoms with Gasteiger partial charge in [-0.05, 0) is 30.7 Å². The molecule has 0 saturated heterocycles. The zero-order valence-electron chi connectivity index (χ0n) is 14.9. The van der Waals surface area contributed by atoms with Gasteiger partial charge in [0.15, 0.2) is 11.5 Å². The van der Waals surface area contributed by atoms with Crippen molar-refractivity contribution in [3.63, 3.8) is 0 Å². The third-order valence-corrected chi connectivity index (χ3v) is 4.93. The zero-order chi connectivity index (χ0) is 18.5. The first-order chi connectivity index (χ1) is 12.6. The number of carbonyl (C=O) groups excluding carboxylic acids is 1. The monoisotopic (exact) mass is 368 g/mol. The first-order valence-corrected chi connectivity index (χ1v) is 9.01. The fourth-order valence-corrected chi connectivity index (χ4v) is 3.48. The van der Waals surface area contributed by atoms with Crippen molar-refractivity contribution in [3.8, 4) is 22.1 Å². The van der Waals surface area contributed by atoms with Crippen LogP contribution in [0.1, 0.15) is 21.6 Å². The number of methoxy groups -OCH3 is 2. The number of hydrogen-bond donors (Lipinski definition) is 1. The van der Waals surface area contributed by atoms with Crippen LogP contribution >= 0.6 is 11.3 Å². The first-order valence-electron chi connectivity index (χ1n) is 8.13. The zero-order valence-corrected chi connectivity index (χ0v) is 15.7. The van der Waals surface area contributed by atoms with Crippen LogP contribution < -0.4 is 14.8 Å². The molecule has 5 nitrogen and oxygen atoms in total. The molecule has 0 aliphatic rings. The Morgan fingerprint density at radius 2 is 1.88 bits per heavy atom. The highest BCUT2D eigenvalue weighted by Crippen LogP contribution is 2.28. The quantitative estimate of drug-likeness (QED) is 0.713. The van der Waals surface area contributed by atoms with E-state index in [2.05, 4.69) is 29.4 Å². The van der Waals surface area contributed by atoms with Crippen LogP contribution in [0.2, 0.25) is 0 Å². The Morgan fingerprint density at radius 3 is 2.62 bits per heavy atom. The highest BCUT2D eigenvalue weighted by atomic mass is 32.1. The van der Waals surface area contributed by atoms with E-state index in [-0.39, 0.29) is 5.91 Å². The lowest BCUT2D eigenvalue weighted by atomic mass is 10.1. The van der Waals surface area contributed by atoms with Gasteiger partial charge in [-0.1, -0.05) is 24.3 Å². The molecule has 1 aromatic heterocycles. The average Bonchev–Trinajstić information content (AvgIpc) is 3.14. The maximum Gasteiger partial charge on any atom is 0.251 e. The molecule has 0 atom stereocenters. The molecule has 1 N–H and O–H groups in total. The largest absolute Gasteiger partial charge is 0.493 e. The number of hydrogen-bond acceptors (Lipinski definition) is 5. The Hall–Kier alpha value is -2.86. The number of thiazole rings is 1. The second kappa shape index (κ2) is 8.01. The maximum absolute atomic E-state index is 12.4. The van der Waals surface area contributed by atoms with Crippen molar-refractivity contribution in [1.82, 2.24) is 10.3 Å². The van der Waals surface area contributed by atoms with E-state index in [0.717, 1.165) is 16.3 Å². The van der Waals surface area contributed by atoms with E-state index in [9.17, 15) is 4.79 Å². The van der Waals surface area contributed by atoms with E-state index in [4.69, 9.17) is 9.47 Å². The van der Waals surface area contributed by atoms with E-state index < -0.39 is 0 Å². The molecule has 1 amide bonds. The van der Waals surface area contributed by atoms with Crippen molar-refractivity contribution >= 4 is 17.2 Å². The van der Waals surface area contributed by atoms with Gasteiger partial charge in [-0.2, -0.15) is 0 Å². The Kier molecular flexibility index (Phi) is 5.53. The number of carbonyl (C=O) groups is 1. The minimum absolute atomic E-state index is 0.184. The fraction of sp³-hybridized carbons (Fsp3) is 0.200. The van der Waals surface area contributed by atoms with Crippen molar-refractivity contribution in [3.05, 3.63) is 64.7 Å². The number of ether oxygens (including phenoxy) is 2. The molecule has 0 aliphatic heterocycles. The van der Waals surface area contributed by atoms with Gasteiger partial charge in [-0.25, -0.2) is 4.98 Å². The van der Waals surface area contributed by atoms with E-state index in [1.165, 1.54) is 5.56 Å². The van der Waals surface area contributed by atoms with Crippen LogP contribution in [0.5, 0.6) is 11.5 Å². The molecule has 0 bridgehead atoms. The summed E-state index contributed by atoms with van der Waals surface area (Å²) in [5.74, 6) is 0.929. The summed E-state index contributed by atoms with van der Waals surface area (Å²) in [5, 5.41) is 5.82. The molecule has 6 heteroatoms. The number of benzene rings is 2. The number of rotatable bonds is 6. The molecule has 134 valence electrons. The van der Waals surface area contributed by atoms with Gasteiger partial charge >= 0.3 is 0 Å². The maximum atomic E-state index is 12.4. The highest BCUT2D eigenvalue weighted by molar-refractivity contribution is 7.13. The van der Waals surface area contributed by atoms with Crippen molar-refractivity contribution in [2.75, 3.05) is 14.2 Å². The molecule has 0 aliphatic carbocycles. The van der Waals surface area contributed by atoms with Crippen molar-refractivity contribution < 1.29 is 14.3 Å². The Bertz CT molecular complexity index is 921. The summed E-state index contributed by atoms with van der Waals surface area (Å²) in [6, 6.07) is 13.2. The van der Waals surface area contributed by atoms with Crippen LogP contribution in [0, 0.1) is 6.92 Å². The number of aryl methyl sites for hydroxylation is 1. The van der Waals surface area contributed by atoms with E-state index >= 15 is 0 Å². The smallest absolute Gasteiger partial charge is 0.251 e. The molecule has 26 heavy (non-hydrogen) atoms. The van der Waals surface area contributed by atoms with Crippen LogP contribution in [0.25, 0.3) is 10.6 Å². The summed E-state index contributed by atoms with van der Waals surface area (Å²) in [5.41, 5.74) is 3.65. The van der Waals surface area contributed by atoms with Crippen LogP contribution in [0.4, 0.5) is 0 Å². The normalized spacial score (nSPS) is 10.4. The molecular weight excluding hydrogens is 348 g/mol.